The Bertz CT molecular complexity index is 1120. The number of ether oxygens (including phenoxy) is 1. The molecule has 0 radical (unpaired) electrons. The number of benzene rings is 1. The Labute approximate surface area is 184 Å². The Morgan fingerprint density at radius 3 is 2.81 bits per heavy atom. The number of carbonyl (C=O) groups excluding carboxylic acids is 1. The number of aromatic hydroxyl groups is 1. The second-order valence-electron chi connectivity index (χ2n) is 7.72. The van der Waals surface area contributed by atoms with Crippen LogP contribution in [0.1, 0.15) is 38.3 Å². The van der Waals surface area contributed by atoms with Gasteiger partial charge in [0.05, 0.1) is 23.6 Å². The van der Waals surface area contributed by atoms with Crippen LogP contribution in [0.5, 0.6) is 11.5 Å². The summed E-state index contributed by atoms with van der Waals surface area (Å²) < 4.78 is 10.8. The standard InChI is InChI=1S/C22H24N4O4S/c1-12(2)11-26-13(3)18(21-24-20(25-30-21)17-6-5-9-31-17)19(23-22(26)28)14-7-8-16(29-4)15(27)10-14/h5-10,12,19,27H,11H2,1-4H3,(H,23,28). The Morgan fingerprint density at radius 1 is 1.35 bits per heavy atom. The lowest BCUT2D eigenvalue weighted by atomic mass is 9.94. The highest BCUT2D eigenvalue weighted by molar-refractivity contribution is 7.13. The van der Waals surface area contributed by atoms with Crippen molar-refractivity contribution < 1.29 is 19.2 Å². The van der Waals surface area contributed by atoms with Crippen LogP contribution in [-0.2, 0) is 0 Å². The van der Waals surface area contributed by atoms with Crippen LogP contribution in [0.25, 0.3) is 16.3 Å². The van der Waals surface area contributed by atoms with Crippen LogP contribution in [0.3, 0.4) is 0 Å². The van der Waals surface area contributed by atoms with Crippen molar-refractivity contribution in [2.75, 3.05) is 13.7 Å². The fourth-order valence-electron chi connectivity index (χ4n) is 3.62. The van der Waals surface area contributed by atoms with Crippen LogP contribution in [0.15, 0.2) is 45.9 Å². The smallest absolute Gasteiger partial charge is 0.322 e. The topological polar surface area (TPSA) is 101 Å². The molecule has 0 saturated carbocycles. The highest BCUT2D eigenvalue weighted by Gasteiger charge is 2.36. The number of nitrogens with zero attached hydrogens (tertiary/aromatic N) is 3. The number of phenols is 1. The third kappa shape index (κ3) is 4.00. The van der Waals surface area contributed by atoms with E-state index in [1.807, 2.05) is 24.4 Å². The summed E-state index contributed by atoms with van der Waals surface area (Å²) >= 11 is 1.52. The first kappa shape index (κ1) is 20.9. The molecule has 1 unspecified atom stereocenters. The maximum atomic E-state index is 12.9. The number of thiophene rings is 1. The van der Waals surface area contributed by atoms with E-state index in [0.29, 0.717) is 35.1 Å². The van der Waals surface area contributed by atoms with Crippen LogP contribution in [-0.4, -0.2) is 39.8 Å². The molecule has 0 spiro atoms. The number of phenolic OH excluding ortho intramolecular Hbond substituents is 1. The summed E-state index contributed by atoms with van der Waals surface area (Å²) in [6.07, 6.45) is 0. The summed E-state index contributed by atoms with van der Waals surface area (Å²) in [5.74, 6) is 1.44. The van der Waals surface area contributed by atoms with Crippen molar-refractivity contribution in [3.05, 3.63) is 52.9 Å². The van der Waals surface area contributed by atoms with E-state index in [2.05, 4.69) is 29.3 Å². The van der Waals surface area contributed by atoms with Gasteiger partial charge in [0, 0.05) is 12.2 Å². The highest BCUT2D eigenvalue weighted by atomic mass is 32.1. The average molecular weight is 441 g/mol. The van der Waals surface area contributed by atoms with E-state index in [1.165, 1.54) is 18.4 Å². The van der Waals surface area contributed by atoms with E-state index in [0.717, 1.165) is 10.6 Å². The first-order chi connectivity index (χ1) is 14.9. The Morgan fingerprint density at radius 2 is 2.16 bits per heavy atom. The van der Waals surface area contributed by atoms with Gasteiger partial charge in [-0.15, -0.1) is 11.3 Å². The van der Waals surface area contributed by atoms with Gasteiger partial charge in [0.25, 0.3) is 5.89 Å². The zero-order chi connectivity index (χ0) is 22.1. The molecular formula is C22H24N4O4S. The van der Waals surface area contributed by atoms with Gasteiger partial charge in [0.15, 0.2) is 11.5 Å². The van der Waals surface area contributed by atoms with Gasteiger partial charge in [-0.05, 0) is 42.0 Å². The summed E-state index contributed by atoms with van der Waals surface area (Å²) in [4.78, 5) is 20.1. The molecule has 2 amide bonds. The van der Waals surface area contributed by atoms with E-state index in [1.54, 1.807) is 23.1 Å². The molecule has 1 aromatic carbocycles. The zero-order valence-electron chi connectivity index (χ0n) is 17.7. The minimum absolute atomic E-state index is 0.0133. The average Bonchev–Trinajstić information content (AvgIpc) is 3.42. The number of aromatic nitrogens is 2. The quantitative estimate of drug-likeness (QED) is 0.578. The lowest BCUT2D eigenvalue weighted by Gasteiger charge is -2.36. The monoisotopic (exact) mass is 440 g/mol. The first-order valence-electron chi connectivity index (χ1n) is 9.92. The van der Waals surface area contributed by atoms with E-state index >= 15 is 0 Å². The second-order valence-corrected chi connectivity index (χ2v) is 8.67. The van der Waals surface area contributed by atoms with Crippen molar-refractivity contribution in [1.29, 1.82) is 0 Å². The molecule has 9 heteroatoms. The number of urea groups is 1. The van der Waals surface area contributed by atoms with Crippen LogP contribution >= 0.6 is 11.3 Å². The molecule has 1 aliphatic heterocycles. The molecule has 0 saturated heterocycles. The molecule has 162 valence electrons. The number of carbonyl (C=O) groups is 1. The third-order valence-electron chi connectivity index (χ3n) is 5.08. The van der Waals surface area contributed by atoms with Gasteiger partial charge in [-0.3, -0.25) is 4.90 Å². The Kier molecular flexibility index (Phi) is 5.69. The van der Waals surface area contributed by atoms with Gasteiger partial charge in [0.1, 0.15) is 0 Å². The number of methoxy groups -OCH3 is 1. The largest absolute Gasteiger partial charge is 0.504 e. The zero-order valence-corrected chi connectivity index (χ0v) is 18.6. The second kappa shape index (κ2) is 8.43. The molecule has 4 rings (SSSR count). The Balaban J connectivity index is 1.82. The van der Waals surface area contributed by atoms with E-state index < -0.39 is 6.04 Å². The number of rotatable bonds is 6. The van der Waals surface area contributed by atoms with E-state index in [-0.39, 0.29) is 17.7 Å². The summed E-state index contributed by atoms with van der Waals surface area (Å²) in [6.45, 7) is 6.53. The minimum atomic E-state index is -0.565. The third-order valence-corrected chi connectivity index (χ3v) is 5.94. The maximum absolute atomic E-state index is 12.9. The van der Waals surface area contributed by atoms with Crippen LogP contribution in [0.2, 0.25) is 0 Å². The number of amides is 2. The summed E-state index contributed by atoms with van der Waals surface area (Å²) in [7, 11) is 1.49. The first-order valence-corrected chi connectivity index (χ1v) is 10.8. The van der Waals surface area contributed by atoms with E-state index in [4.69, 9.17) is 9.26 Å². The van der Waals surface area contributed by atoms with Crippen LogP contribution < -0.4 is 10.1 Å². The highest BCUT2D eigenvalue weighted by Crippen LogP contribution is 2.40. The Hall–Kier alpha value is -3.33. The van der Waals surface area contributed by atoms with Crippen molar-refractivity contribution in [1.82, 2.24) is 20.4 Å². The molecule has 0 bridgehead atoms. The van der Waals surface area contributed by atoms with Gasteiger partial charge in [0.2, 0.25) is 5.82 Å². The predicted octanol–water partition coefficient (Wildman–Crippen LogP) is 4.67. The van der Waals surface area contributed by atoms with E-state index in [9.17, 15) is 9.90 Å². The fraction of sp³-hybridized carbons (Fsp3) is 0.318. The molecule has 0 aliphatic carbocycles. The van der Waals surface area contributed by atoms with Crippen LogP contribution in [0.4, 0.5) is 4.79 Å². The molecule has 3 aromatic rings. The summed E-state index contributed by atoms with van der Waals surface area (Å²) in [5.41, 5.74) is 2.11. The number of allylic oxidation sites excluding steroid dienone is 1. The normalized spacial score (nSPS) is 16.7. The lowest BCUT2D eigenvalue weighted by Crippen LogP contribution is -2.47. The number of hydrogen-bond donors (Lipinski definition) is 2. The molecule has 0 fully saturated rings. The SMILES string of the molecule is COc1ccc(C2NC(=O)N(CC(C)C)C(C)=C2c2nc(-c3cccs3)no2)cc1O. The van der Waals surface area contributed by atoms with Gasteiger partial charge in [-0.1, -0.05) is 31.1 Å². The van der Waals surface area contributed by atoms with Crippen molar-refractivity contribution in [2.24, 2.45) is 5.92 Å². The van der Waals surface area contributed by atoms with Crippen LogP contribution in [0, 0.1) is 5.92 Å². The van der Waals surface area contributed by atoms with Gasteiger partial charge in [-0.25, -0.2) is 4.79 Å². The van der Waals surface area contributed by atoms with Gasteiger partial charge >= 0.3 is 6.03 Å². The molecule has 3 heterocycles. The summed E-state index contributed by atoms with van der Waals surface area (Å²) in [6, 6.07) is 8.10. The summed E-state index contributed by atoms with van der Waals surface area (Å²) in [5, 5.41) is 19.4. The van der Waals surface area contributed by atoms with Crippen molar-refractivity contribution >= 4 is 22.9 Å². The lowest BCUT2D eigenvalue weighted by molar-refractivity contribution is 0.199. The molecular weight excluding hydrogens is 416 g/mol. The molecule has 1 aliphatic rings. The molecule has 8 nitrogen and oxygen atoms in total. The number of hydrogen-bond acceptors (Lipinski definition) is 7. The fourth-order valence-corrected chi connectivity index (χ4v) is 4.27. The van der Waals surface area contributed by atoms with Gasteiger partial charge in [-0.2, -0.15) is 4.98 Å². The molecule has 2 aromatic heterocycles. The van der Waals surface area contributed by atoms with Crippen molar-refractivity contribution in [2.45, 2.75) is 26.8 Å². The van der Waals surface area contributed by atoms with Crippen molar-refractivity contribution in [3.8, 4) is 22.2 Å². The maximum Gasteiger partial charge on any atom is 0.322 e. The molecule has 2 N–H and O–H groups in total. The molecule has 31 heavy (non-hydrogen) atoms. The number of nitrogens with one attached hydrogen (secondary N) is 1. The molecule has 1 atom stereocenters. The minimum Gasteiger partial charge on any atom is -0.504 e. The van der Waals surface area contributed by atoms with Crippen molar-refractivity contribution in [3.63, 3.8) is 0 Å². The predicted molar refractivity (Wildman–Crippen MR) is 118 cm³/mol. The van der Waals surface area contributed by atoms with Gasteiger partial charge < -0.3 is 19.7 Å².